The fourth-order valence-electron chi connectivity index (χ4n) is 4.66. The molecule has 8 nitrogen and oxygen atoms in total. The molecule has 1 aliphatic heterocycles. The minimum Gasteiger partial charge on any atom is -0.351 e. The van der Waals surface area contributed by atoms with Crippen molar-refractivity contribution in [1.29, 1.82) is 0 Å². The van der Waals surface area contributed by atoms with Gasteiger partial charge in [-0.25, -0.2) is 0 Å². The van der Waals surface area contributed by atoms with Gasteiger partial charge in [0.15, 0.2) is 11.5 Å². The molecule has 3 amide bonds. The summed E-state index contributed by atoms with van der Waals surface area (Å²) in [5.74, 6) is -0.293. The first kappa shape index (κ1) is 20.3. The molecule has 0 bridgehead atoms. The third-order valence-electron chi connectivity index (χ3n) is 6.81. The SMILES string of the molecule is CN1C(=O)CCC(C)(C(=O)NC2CCCCC2)N(C2CCC2)C(=O)c2nsnc21. The first-order valence-electron chi connectivity index (χ1n) is 10.7. The molecule has 3 aliphatic rings. The molecule has 0 radical (unpaired) electrons. The zero-order valence-corrected chi connectivity index (χ0v) is 18.0. The lowest BCUT2D eigenvalue weighted by Crippen LogP contribution is -2.64. The summed E-state index contributed by atoms with van der Waals surface area (Å²) in [6, 6.07) is 0.145. The Morgan fingerprint density at radius 1 is 1.10 bits per heavy atom. The van der Waals surface area contributed by atoms with Gasteiger partial charge in [-0.05, 0) is 45.4 Å². The van der Waals surface area contributed by atoms with E-state index in [9.17, 15) is 14.4 Å². The summed E-state index contributed by atoms with van der Waals surface area (Å²) in [7, 11) is 1.62. The van der Waals surface area contributed by atoms with Crippen molar-refractivity contribution >= 4 is 35.3 Å². The number of hydrogen-bond acceptors (Lipinski definition) is 6. The monoisotopic (exact) mass is 419 g/mol. The van der Waals surface area contributed by atoms with Crippen LogP contribution in [0.1, 0.15) is 81.6 Å². The third kappa shape index (κ3) is 3.65. The predicted molar refractivity (Wildman–Crippen MR) is 110 cm³/mol. The number of hydrogen-bond donors (Lipinski definition) is 1. The molecule has 2 saturated carbocycles. The van der Waals surface area contributed by atoms with Gasteiger partial charge in [0.2, 0.25) is 11.8 Å². The number of nitrogens with zero attached hydrogens (tertiary/aromatic N) is 4. The lowest BCUT2D eigenvalue weighted by atomic mass is 9.83. The van der Waals surface area contributed by atoms with Crippen LogP contribution in [0.2, 0.25) is 0 Å². The van der Waals surface area contributed by atoms with Gasteiger partial charge in [0.05, 0.1) is 11.7 Å². The molecule has 0 aromatic carbocycles. The normalized spacial score (nSPS) is 27.0. The Hall–Kier alpha value is -2.03. The fourth-order valence-corrected chi connectivity index (χ4v) is 5.23. The van der Waals surface area contributed by atoms with Crippen molar-refractivity contribution in [3.63, 3.8) is 0 Å². The topological polar surface area (TPSA) is 95.5 Å². The summed E-state index contributed by atoms with van der Waals surface area (Å²) >= 11 is 0.925. The molecule has 4 rings (SSSR count). The van der Waals surface area contributed by atoms with Gasteiger partial charge in [-0.3, -0.25) is 19.3 Å². The second-order valence-corrected chi connectivity index (χ2v) is 9.26. The summed E-state index contributed by atoms with van der Waals surface area (Å²) in [4.78, 5) is 43.0. The van der Waals surface area contributed by atoms with E-state index in [2.05, 4.69) is 14.1 Å². The molecule has 1 unspecified atom stereocenters. The van der Waals surface area contributed by atoms with E-state index in [1.165, 1.54) is 11.3 Å². The van der Waals surface area contributed by atoms with Crippen molar-refractivity contribution in [2.45, 2.75) is 88.8 Å². The highest BCUT2D eigenvalue weighted by molar-refractivity contribution is 6.99. The summed E-state index contributed by atoms with van der Waals surface area (Å²) in [5.41, 5.74) is -0.905. The summed E-state index contributed by atoms with van der Waals surface area (Å²) in [5, 5.41) is 3.20. The van der Waals surface area contributed by atoms with E-state index in [0.29, 0.717) is 12.2 Å². The average Bonchev–Trinajstić information content (AvgIpc) is 3.17. The highest BCUT2D eigenvalue weighted by Crippen LogP contribution is 2.37. The van der Waals surface area contributed by atoms with E-state index in [1.807, 2.05) is 6.92 Å². The molecule has 0 saturated heterocycles. The molecule has 1 atom stereocenters. The van der Waals surface area contributed by atoms with Crippen LogP contribution in [-0.4, -0.2) is 56.0 Å². The number of fused-ring (bicyclic) bond motifs is 1. The van der Waals surface area contributed by atoms with Crippen LogP contribution < -0.4 is 10.2 Å². The minimum absolute atomic E-state index is 0.00216. The molecule has 2 fully saturated rings. The first-order valence-corrected chi connectivity index (χ1v) is 11.4. The Morgan fingerprint density at radius 2 is 1.83 bits per heavy atom. The fraction of sp³-hybridized carbons (Fsp3) is 0.750. The maximum absolute atomic E-state index is 13.6. The molecule has 29 heavy (non-hydrogen) atoms. The quantitative estimate of drug-likeness (QED) is 0.812. The zero-order valence-electron chi connectivity index (χ0n) is 17.1. The Kier molecular flexibility index (Phi) is 5.59. The number of amides is 3. The van der Waals surface area contributed by atoms with Gasteiger partial charge in [-0.2, -0.15) is 8.75 Å². The molecule has 0 spiro atoms. The average molecular weight is 420 g/mol. The predicted octanol–water partition coefficient (Wildman–Crippen LogP) is 2.50. The Bertz CT molecular complexity index is 802. The van der Waals surface area contributed by atoms with Crippen molar-refractivity contribution in [2.75, 3.05) is 11.9 Å². The Labute approximate surface area is 175 Å². The van der Waals surface area contributed by atoms with E-state index in [1.54, 1.807) is 11.9 Å². The van der Waals surface area contributed by atoms with Crippen LogP contribution in [0.3, 0.4) is 0 Å². The number of carbonyl (C=O) groups is 3. The van der Waals surface area contributed by atoms with Crippen molar-refractivity contribution < 1.29 is 14.4 Å². The van der Waals surface area contributed by atoms with Crippen LogP contribution in [-0.2, 0) is 9.59 Å². The highest BCUT2D eigenvalue weighted by Gasteiger charge is 2.49. The van der Waals surface area contributed by atoms with Crippen LogP contribution >= 0.6 is 11.7 Å². The van der Waals surface area contributed by atoms with Crippen molar-refractivity contribution in [3.8, 4) is 0 Å². The summed E-state index contributed by atoms with van der Waals surface area (Å²) in [6.45, 7) is 1.82. The van der Waals surface area contributed by atoms with E-state index in [4.69, 9.17) is 0 Å². The van der Waals surface area contributed by atoms with Gasteiger partial charge in [0.1, 0.15) is 5.54 Å². The molecule has 9 heteroatoms. The largest absolute Gasteiger partial charge is 0.351 e. The molecule has 2 aliphatic carbocycles. The number of carbonyl (C=O) groups excluding carboxylic acids is 3. The second-order valence-electron chi connectivity index (χ2n) is 8.73. The molecule has 2 heterocycles. The molecular weight excluding hydrogens is 390 g/mol. The van der Waals surface area contributed by atoms with Crippen LogP contribution in [0.4, 0.5) is 5.82 Å². The molecule has 1 N–H and O–H groups in total. The standard InChI is InChI=1S/C20H29N5O3S/c1-20(19(28)21-13-7-4-3-5-8-13)12-11-15(26)24(2)17-16(22-29-23-17)18(27)25(20)14-9-6-10-14/h13-14H,3-12H2,1-2H3,(H,21,28). The van der Waals surface area contributed by atoms with Gasteiger partial charge < -0.3 is 10.2 Å². The van der Waals surface area contributed by atoms with Crippen molar-refractivity contribution in [3.05, 3.63) is 5.69 Å². The number of aromatic nitrogens is 2. The van der Waals surface area contributed by atoms with Crippen LogP contribution in [0.25, 0.3) is 0 Å². The van der Waals surface area contributed by atoms with E-state index in [0.717, 1.165) is 56.7 Å². The lowest BCUT2D eigenvalue weighted by molar-refractivity contribution is -0.135. The van der Waals surface area contributed by atoms with Crippen molar-refractivity contribution in [1.82, 2.24) is 19.0 Å². The summed E-state index contributed by atoms with van der Waals surface area (Å²) < 4.78 is 8.40. The number of nitrogens with one attached hydrogen (secondary N) is 1. The van der Waals surface area contributed by atoms with Gasteiger partial charge in [-0.1, -0.05) is 19.3 Å². The third-order valence-corrected chi connectivity index (χ3v) is 7.33. The van der Waals surface area contributed by atoms with Gasteiger partial charge >= 0.3 is 0 Å². The van der Waals surface area contributed by atoms with Gasteiger partial charge in [0, 0.05) is 25.6 Å². The highest BCUT2D eigenvalue weighted by atomic mass is 32.1. The Balaban J connectivity index is 1.70. The second kappa shape index (κ2) is 8.01. The van der Waals surface area contributed by atoms with Crippen LogP contribution in [0.15, 0.2) is 0 Å². The number of rotatable bonds is 3. The maximum atomic E-state index is 13.6. The summed E-state index contributed by atoms with van der Waals surface area (Å²) in [6.07, 6.45) is 8.63. The number of anilines is 1. The lowest BCUT2D eigenvalue weighted by Gasteiger charge is -2.48. The maximum Gasteiger partial charge on any atom is 0.278 e. The van der Waals surface area contributed by atoms with Crippen LogP contribution in [0.5, 0.6) is 0 Å². The molecule has 1 aromatic rings. The molecule has 1 aromatic heterocycles. The molecule has 158 valence electrons. The van der Waals surface area contributed by atoms with E-state index in [-0.39, 0.29) is 41.9 Å². The van der Waals surface area contributed by atoms with Crippen LogP contribution in [0, 0.1) is 0 Å². The van der Waals surface area contributed by atoms with Crippen molar-refractivity contribution in [2.24, 2.45) is 0 Å². The zero-order chi connectivity index (χ0) is 20.6. The smallest absolute Gasteiger partial charge is 0.278 e. The minimum atomic E-state index is -1.08. The first-order chi connectivity index (χ1) is 13.9. The molecular formula is C20H29N5O3S. The van der Waals surface area contributed by atoms with E-state index >= 15 is 0 Å². The van der Waals surface area contributed by atoms with Gasteiger partial charge in [-0.15, -0.1) is 0 Å². The Morgan fingerprint density at radius 3 is 2.48 bits per heavy atom. The van der Waals surface area contributed by atoms with Gasteiger partial charge in [0.25, 0.3) is 5.91 Å². The van der Waals surface area contributed by atoms with E-state index < -0.39 is 5.54 Å².